The lowest BCUT2D eigenvalue weighted by Gasteiger charge is -2.21. The molecule has 0 bridgehead atoms. The van der Waals surface area contributed by atoms with Gasteiger partial charge >= 0.3 is 0 Å². The summed E-state index contributed by atoms with van der Waals surface area (Å²) in [5.74, 6) is 0.852. The molecule has 24 heavy (non-hydrogen) atoms. The number of benzene rings is 2. The van der Waals surface area contributed by atoms with E-state index in [-0.39, 0.29) is 0 Å². The highest BCUT2D eigenvalue weighted by Gasteiger charge is 2.05. The second-order valence-electron chi connectivity index (χ2n) is 5.57. The van der Waals surface area contributed by atoms with Gasteiger partial charge in [0.05, 0.1) is 0 Å². The summed E-state index contributed by atoms with van der Waals surface area (Å²) in [4.78, 5) is 2.04. The van der Waals surface area contributed by atoms with Crippen molar-refractivity contribution < 1.29 is 4.74 Å². The minimum atomic E-state index is 0.522. The van der Waals surface area contributed by atoms with E-state index in [9.17, 15) is 0 Å². The van der Waals surface area contributed by atoms with Gasteiger partial charge in [0.1, 0.15) is 12.4 Å². The highest BCUT2D eigenvalue weighted by molar-refractivity contribution is 7.80. The molecular formula is C20H24N2OS. The topological polar surface area (TPSA) is 24.5 Å². The number of ether oxygens (including phenoxy) is 1. The van der Waals surface area contributed by atoms with Gasteiger partial charge in [-0.2, -0.15) is 0 Å². The molecule has 0 saturated heterocycles. The van der Waals surface area contributed by atoms with Crippen molar-refractivity contribution in [1.82, 2.24) is 10.2 Å². The van der Waals surface area contributed by atoms with Crippen LogP contribution in [0.25, 0.3) is 0 Å². The van der Waals surface area contributed by atoms with E-state index >= 15 is 0 Å². The van der Waals surface area contributed by atoms with Crippen LogP contribution >= 0.6 is 12.2 Å². The Morgan fingerprint density at radius 2 is 1.83 bits per heavy atom. The van der Waals surface area contributed by atoms with Crippen LogP contribution < -0.4 is 10.1 Å². The van der Waals surface area contributed by atoms with Crippen molar-refractivity contribution in [2.24, 2.45) is 0 Å². The maximum absolute atomic E-state index is 5.49. The zero-order valence-electron chi connectivity index (χ0n) is 14.1. The molecule has 0 amide bonds. The quantitative estimate of drug-likeness (QED) is 0.583. The molecule has 0 heterocycles. The minimum Gasteiger partial charge on any atom is -0.490 e. The highest BCUT2D eigenvalue weighted by Crippen LogP contribution is 2.13. The van der Waals surface area contributed by atoms with Gasteiger partial charge in [-0.1, -0.05) is 55.1 Å². The Morgan fingerprint density at radius 1 is 1.12 bits per heavy atom. The molecule has 0 fully saturated rings. The smallest absolute Gasteiger partial charge is 0.168 e. The van der Waals surface area contributed by atoms with Gasteiger partial charge in [0.25, 0.3) is 0 Å². The Bertz CT molecular complexity index is 640. The molecule has 2 aromatic carbocycles. The summed E-state index contributed by atoms with van der Waals surface area (Å²) >= 11 is 5.45. The number of thiocarbonyl (C=S) groups is 1. The lowest BCUT2D eigenvalue weighted by molar-refractivity contribution is 0.363. The Morgan fingerprint density at radius 3 is 2.50 bits per heavy atom. The van der Waals surface area contributed by atoms with Crippen molar-refractivity contribution >= 4 is 17.3 Å². The Balaban J connectivity index is 1.75. The van der Waals surface area contributed by atoms with Gasteiger partial charge in [0.15, 0.2) is 5.11 Å². The summed E-state index contributed by atoms with van der Waals surface area (Å²) in [5.41, 5.74) is 2.50. The Kier molecular flexibility index (Phi) is 7.30. The fourth-order valence-electron chi connectivity index (χ4n) is 2.29. The first kappa shape index (κ1) is 18.0. The van der Waals surface area contributed by atoms with Crippen LogP contribution in [0.2, 0.25) is 0 Å². The molecule has 2 rings (SSSR count). The molecule has 126 valence electrons. The Labute approximate surface area is 150 Å². The van der Waals surface area contributed by atoms with E-state index < -0.39 is 0 Å². The van der Waals surface area contributed by atoms with Crippen LogP contribution in [0.4, 0.5) is 0 Å². The SMILES string of the molecule is C=CCOc1ccc(CN(C)C(=S)NCCc2ccccc2)cc1. The zero-order chi connectivity index (χ0) is 17.2. The maximum atomic E-state index is 5.49. The van der Waals surface area contributed by atoms with Crippen molar-refractivity contribution in [3.05, 3.63) is 78.4 Å². The minimum absolute atomic E-state index is 0.522. The lowest BCUT2D eigenvalue weighted by Crippen LogP contribution is -2.37. The average Bonchev–Trinajstić information content (AvgIpc) is 2.62. The molecule has 0 aromatic heterocycles. The number of hydrogen-bond acceptors (Lipinski definition) is 2. The van der Waals surface area contributed by atoms with Crippen molar-refractivity contribution in [3.8, 4) is 5.75 Å². The molecule has 0 atom stereocenters. The summed E-state index contributed by atoms with van der Waals surface area (Å²) in [5, 5.41) is 4.07. The van der Waals surface area contributed by atoms with Gasteiger partial charge in [-0.3, -0.25) is 0 Å². The summed E-state index contributed by atoms with van der Waals surface area (Å²) in [6.07, 6.45) is 2.70. The third kappa shape index (κ3) is 6.05. The van der Waals surface area contributed by atoms with E-state index in [0.717, 1.165) is 30.4 Å². The molecule has 2 aromatic rings. The summed E-state index contributed by atoms with van der Waals surface area (Å²) in [7, 11) is 2.00. The first-order chi connectivity index (χ1) is 11.7. The number of nitrogens with zero attached hydrogens (tertiary/aromatic N) is 1. The molecule has 3 nitrogen and oxygen atoms in total. The van der Waals surface area contributed by atoms with Gasteiger partial charge in [-0.15, -0.1) is 0 Å². The maximum Gasteiger partial charge on any atom is 0.168 e. The van der Waals surface area contributed by atoms with E-state index in [1.165, 1.54) is 11.1 Å². The first-order valence-corrected chi connectivity index (χ1v) is 8.45. The highest BCUT2D eigenvalue weighted by atomic mass is 32.1. The van der Waals surface area contributed by atoms with Gasteiger partial charge in [0, 0.05) is 20.1 Å². The van der Waals surface area contributed by atoms with Crippen molar-refractivity contribution in [1.29, 1.82) is 0 Å². The van der Waals surface area contributed by atoms with Crippen LogP contribution in [0.1, 0.15) is 11.1 Å². The van der Waals surface area contributed by atoms with E-state index in [1.807, 2.05) is 30.1 Å². The second-order valence-corrected chi connectivity index (χ2v) is 5.95. The molecule has 1 N–H and O–H groups in total. The van der Waals surface area contributed by atoms with E-state index in [2.05, 4.69) is 48.3 Å². The molecule has 4 heteroatoms. The first-order valence-electron chi connectivity index (χ1n) is 8.04. The Hall–Kier alpha value is -2.33. The number of nitrogens with one attached hydrogen (secondary N) is 1. The van der Waals surface area contributed by atoms with Crippen LogP contribution in [-0.4, -0.2) is 30.2 Å². The normalized spacial score (nSPS) is 10.0. The van der Waals surface area contributed by atoms with Gasteiger partial charge in [0.2, 0.25) is 0 Å². The zero-order valence-corrected chi connectivity index (χ0v) is 14.9. The standard InChI is InChI=1S/C20H24N2OS/c1-3-15-23-19-11-9-18(10-12-19)16-22(2)20(24)21-14-13-17-7-5-4-6-8-17/h3-12H,1,13-16H2,2H3,(H,21,24). The fourth-order valence-corrected chi connectivity index (χ4v) is 2.45. The second kappa shape index (κ2) is 9.73. The third-order valence-corrected chi connectivity index (χ3v) is 4.05. The molecular weight excluding hydrogens is 316 g/mol. The van der Waals surface area contributed by atoms with Gasteiger partial charge in [-0.25, -0.2) is 0 Å². The molecule has 0 spiro atoms. The average molecular weight is 340 g/mol. The van der Waals surface area contributed by atoms with Crippen LogP contribution in [0.5, 0.6) is 5.75 Å². The van der Waals surface area contributed by atoms with Crippen LogP contribution in [0, 0.1) is 0 Å². The summed E-state index contributed by atoms with van der Waals surface area (Å²) in [6.45, 7) is 5.76. The van der Waals surface area contributed by atoms with Crippen LogP contribution in [0.15, 0.2) is 67.3 Å². The number of hydrogen-bond donors (Lipinski definition) is 1. The number of rotatable bonds is 8. The fraction of sp³-hybridized carbons (Fsp3) is 0.250. The predicted octanol–water partition coefficient (Wildman–Crippen LogP) is 3.80. The molecule has 0 aliphatic heterocycles. The summed E-state index contributed by atoms with van der Waals surface area (Å²) < 4.78 is 5.49. The van der Waals surface area contributed by atoms with Crippen LogP contribution in [-0.2, 0) is 13.0 Å². The van der Waals surface area contributed by atoms with Crippen molar-refractivity contribution in [2.45, 2.75) is 13.0 Å². The molecule has 0 radical (unpaired) electrons. The third-order valence-electron chi connectivity index (χ3n) is 3.59. The lowest BCUT2D eigenvalue weighted by atomic mass is 10.1. The monoisotopic (exact) mass is 340 g/mol. The van der Waals surface area contributed by atoms with E-state index in [4.69, 9.17) is 17.0 Å². The van der Waals surface area contributed by atoms with Crippen LogP contribution in [0.3, 0.4) is 0 Å². The molecule has 0 aliphatic carbocycles. The predicted molar refractivity (Wildman–Crippen MR) is 104 cm³/mol. The summed E-state index contributed by atoms with van der Waals surface area (Å²) in [6, 6.07) is 18.5. The molecule has 0 saturated carbocycles. The van der Waals surface area contributed by atoms with Crippen molar-refractivity contribution in [3.63, 3.8) is 0 Å². The van der Waals surface area contributed by atoms with E-state index in [0.29, 0.717) is 6.61 Å². The largest absolute Gasteiger partial charge is 0.490 e. The molecule has 0 aliphatic rings. The van der Waals surface area contributed by atoms with Gasteiger partial charge in [-0.05, 0) is 41.9 Å². The van der Waals surface area contributed by atoms with Gasteiger partial charge < -0.3 is 15.0 Å². The van der Waals surface area contributed by atoms with Crippen molar-refractivity contribution in [2.75, 3.05) is 20.2 Å². The van der Waals surface area contributed by atoms with E-state index in [1.54, 1.807) is 6.08 Å². The molecule has 0 unspecified atom stereocenters.